The van der Waals surface area contributed by atoms with Crippen molar-refractivity contribution in [1.82, 2.24) is 0 Å². The van der Waals surface area contributed by atoms with Crippen LogP contribution in [0, 0.1) is 11.6 Å². The van der Waals surface area contributed by atoms with Gasteiger partial charge in [-0.25, -0.2) is 8.78 Å². The predicted molar refractivity (Wildman–Crippen MR) is 83.9 cm³/mol. The van der Waals surface area contributed by atoms with Crippen molar-refractivity contribution in [3.05, 3.63) is 54.1 Å². The van der Waals surface area contributed by atoms with Crippen LogP contribution in [0.4, 0.5) is 20.2 Å². The van der Waals surface area contributed by atoms with Crippen LogP contribution in [-0.2, 0) is 9.59 Å². The molecule has 2 aromatic carbocycles. The van der Waals surface area contributed by atoms with Gasteiger partial charge in [-0.2, -0.15) is 0 Å². The highest BCUT2D eigenvalue weighted by Gasteiger charge is 2.25. The monoisotopic (exact) mass is 332 g/mol. The third-order valence-corrected chi connectivity index (χ3v) is 3.54. The number of carbonyl (C=O) groups is 2. The first-order valence-electron chi connectivity index (χ1n) is 7.31. The van der Waals surface area contributed by atoms with E-state index in [1.165, 1.54) is 4.90 Å². The fourth-order valence-electron chi connectivity index (χ4n) is 2.42. The lowest BCUT2D eigenvalue weighted by Gasteiger charge is -2.21. The number of rotatable bonds is 3. The molecule has 1 aliphatic heterocycles. The Morgan fingerprint density at radius 2 is 2.00 bits per heavy atom. The van der Waals surface area contributed by atoms with E-state index in [0.29, 0.717) is 17.5 Å². The van der Waals surface area contributed by atoms with Crippen LogP contribution in [-0.4, -0.2) is 25.0 Å². The maximum absolute atomic E-state index is 13.6. The number of ether oxygens (including phenoxy) is 1. The summed E-state index contributed by atoms with van der Waals surface area (Å²) in [5.74, 6) is -1.97. The van der Waals surface area contributed by atoms with Gasteiger partial charge in [0.1, 0.15) is 23.9 Å². The van der Waals surface area contributed by atoms with Gasteiger partial charge in [-0.15, -0.1) is 0 Å². The number of anilines is 2. The molecule has 0 spiro atoms. The van der Waals surface area contributed by atoms with Crippen LogP contribution in [0.25, 0.3) is 0 Å². The summed E-state index contributed by atoms with van der Waals surface area (Å²) in [6.45, 7) is -0.0728. The van der Waals surface area contributed by atoms with Crippen molar-refractivity contribution in [3.8, 4) is 5.75 Å². The molecule has 0 aliphatic carbocycles. The van der Waals surface area contributed by atoms with Gasteiger partial charge in [0.2, 0.25) is 11.8 Å². The van der Waals surface area contributed by atoms with Crippen molar-refractivity contribution in [1.29, 1.82) is 0 Å². The normalized spacial score (nSPS) is 13.8. The van der Waals surface area contributed by atoms with Crippen molar-refractivity contribution in [2.45, 2.75) is 6.42 Å². The minimum Gasteiger partial charge on any atom is -0.491 e. The van der Waals surface area contributed by atoms with Crippen LogP contribution >= 0.6 is 0 Å². The lowest BCUT2D eigenvalue weighted by molar-refractivity contribution is -0.121. The molecule has 0 radical (unpaired) electrons. The molecule has 1 N–H and O–H groups in total. The van der Waals surface area contributed by atoms with Gasteiger partial charge < -0.3 is 10.1 Å². The minimum atomic E-state index is -0.880. The molecule has 0 atom stereocenters. The largest absolute Gasteiger partial charge is 0.491 e. The molecule has 7 heteroatoms. The number of para-hydroxylation sites is 2. The fraction of sp³-hybridized carbons (Fsp3) is 0.176. The maximum atomic E-state index is 13.6. The van der Waals surface area contributed by atoms with Crippen LogP contribution in [0.2, 0.25) is 0 Å². The van der Waals surface area contributed by atoms with E-state index in [1.54, 1.807) is 24.3 Å². The highest BCUT2D eigenvalue weighted by atomic mass is 19.1. The average molecular weight is 332 g/mol. The number of nitrogens with zero attached hydrogens (tertiary/aromatic N) is 1. The number of amides is 2. The standard InChI is InChI=1S/C17H14F2N2O3/c18-11-5-6-13(12(19)9-11)20-16(22)10-21-14-3-1-2-4-15(14)24-8-7-17(21)23/h1-6,9H,7-8,10H2,(H,20,22). The molecule has 1 heterocycles. The summed E-state index contributed by atoms with van der Waals surface area (Å²) >= 11 is 0. The van der Waals surface area contributed by atoms with E-state index in [4.69, 9.17) is 4.74 Å². The van der Waals surface area contributed by atoms with E-state index in [9.17, 15) is 18.4 Å². The summed E-state index contributed by atoms with van der Waals surface area (Å²) in [5, 5.41) is 2.34. The number of benzene rings is 2. The van der Waals surface area contributed by atoms with Crippen molar-refractivity contribution >= 4 is 23.2 Å². The third kappa shape index (κ3) is 3.34. The molecule has 0 unspecified atom stereocenters. The Kier molecular flexibility index (Phi) is 4.41. The Morgan fingerprint density at radius 3 is 2.79 bits per heavy atom. The first-order valence-corrected chi connectivity index (χ1v) is 7.31. The summed E-state index contributed by atoms with van der Waals surface area (Å²) in [6, 6.07) is 9.72. The Hall–Kier alpha value is -2.96. The molecule has 24 heavy (non-hydrogen) atoms. The zero-order chi connectivity index (χ0) is 17.1. The van der Waals surface area contributed by atoms with Gasteiger partial charge in [-0.05, 0) is 24.3 Å². The summed E-state index contributed by atoms with van der Waals surface area (Å²) in [6.07, 6.45) is 0.132. The van der Waals surface area contributed by atoms with Crippen LogP contribution in [0.15, 0.2) is 42.5 Å². The van der Waals surface area contributed by atoms with Gasteiger partial charge in [0.05, 0.1) is 24.4 Å². The van der Waals surface area contributed by atoms with E-state index >= 15 is 0 Å². The molecule has 0 saturated carbocycles. The second kappa shape index (κ2) is 6.66. The van der Waals surface area contributed by atoms with Crippen LogP contribution in [0.5, 0.6) is 5.75 Å². The lowest BCUT2D eigenvalue weighted by Crippen LogP contribution is -2.37. The first kappa shape index (κ1) is 15.9. The maximum Gasteiger partial charge on any atom is 0.244 e. The molecule has 3 rings (SSSR count). The second-order valence-electron chi connectivity index (χ2n) is 5.22. The zero-order valence-electron chi connectivity index (χ0n) is 12.6. The number of halogens is 2. The molecule has 0 bridgehead atoms. The minimum absolute atomic E-state index is 0.132. The van der Waals surface area contributed by atoms with Crippen molar-refractivity contribution in [3.63, 3.8) is 0 Å². The van der Waals surface area contributed by atoms with Crippen molar-refractivity contribution in [2.75, 3.05) is 23.4 Å². The Bertz CT molecular complexity index is 795. The van der Waals surface area contributed by atoms with Gasteiger partial charge in [0, 0.05) is 6.07 Å². The fourth-order valence-corrected chi connectivity index (χ4v) is 2.42. The molecule has 5 nitrogen and oxygen atoms in total. The molecule has 0 aromatic heterocycles. The van der Waals surface area contributed by atoms with Crippen LogP contribution in [0.3, 0.4) is 0 Å². The van der Waals surface area contributed by atoms with E-state index in [2.05, 4.69) is 5.32 Å². The van der Waals surface area contributed by atoms with E-state index < -0.39 is 17.5 Å². The summed E-state index contributed by atoms with van der Waals surface area (Å²) in [5.41, 5.74) is 0.336. The average Bonchev–Trinajstić information content (AvgIpc) is 2.70. The van der Waals surface area contributed by atoms with Gasteiger partial charge in [-0.3, -0.25) is 14.5 Å². The van der Waals surface area contributed by atoms with Gasteiger partial charge >= 0.3 is 0 Å². The van der Waals surface area contributed by atoms with E-state index in [1.807, 2.05) is 0 Å². The van der Waals surface area contributed by atoms with Crippen LogP contribution < -0.4 is 15.0 Å². The Morgan fingerprint density at radius 1 is 1.21 bits per heavy atom. The molecular formula is C17H14F2N2O3. The van der Waals surface area contributed by atoms with Gasteiger partial charge in [-0.1, -0.05) is 12.1 Å². The number of hydrogen-bond donors (Lipinski definition) is 1. The quantitative estimate of drug-likeness (QED) is 0.940. The highest BCUT2D eigenvalue weighted by molar-refractivity contribution is 6.03. The van der Waals surface area contributed by atoms with Gasteiger partial charge in [0.25, 0.3) is 0 Å². The van der Waals surface area contributed by atoms with Crippen molar-refractivity contribution in [2.24, 2.45) is 0 Å². The highest BCUT2D eigenvalue weighted by Crippen LogP contribution is 2.30. The number of nitrogens with one attached hydrogen (secondary N) is 1. The molecule has 2 aromatic rings. The molecule has 124 valence electrons. The number of hydrogen-bond acceptors (Lipinski definition) is 3. The van der Waals surface area contributed by atoms with E-state index in [0.717, 1.165) is 12.1 Å². The van der Waals surface area contributed by atoms with Gasteiger partial charge in [0.15, 0.2) is 0 Å². The first-order chi connectivity index (χ1) is 11.5. The number of fused-ring (bicyclic) bond motifs is 1. The third-order valence-electron chi connectivity index (χ3n) is 3.54. The lowest BCUT2D eigenvalue weighted by atomic mass is 10.2. The Labute approximate surface area is 136 Å². The predicted octanol–water partition coefficient (Wildman–Crippen LogP) is 2.72. The molecule has 0 saturated heterocycles. The molecule has 0 fully saturated rings. The molecule has 2 amide bonds. The van der Waals surface area contributed by atoms with E-state index in [-0.39, 0.29) is 31.2 Å². The zero-order valence-corrected chi connectivity index (χ0v) is 12.6. The number of carbonyl (C=O) groups excluding carboxylic acids is 2. The smallest absolute Gasteiger partial charge is 0.244 e. The van der Waals surface area contributed by atoms with Crippen molar-refractivity contribution < 1.29 is 23.1 Å². The SMILES string of the molecule is O=C(CN1C(=O)CCOc2ccccc21)Nc1ccc(F)cc1F. The summed E-state index contributed by atoms with van der Waals surface area (Å²) in [4.78, 5) is 25.7. The van der Waals surface area contributed by atoms with Crippen LogP contribution in [0.1, 0.15) is 6.42 Å². The topological polar surface area (TPSA) is 58.6 Å². The molecule has 1 aliphatic rings. The second-order valence-corrected chi connectivity index (χ2v) is 5.22. The summed E-state index contributed by atoms with van der Waals surface area (Å²) in [7, 11) is 0. The Balaban J connectivity index is 1.79. The molecular weight excluding hydrogens is 318 g/mol. The summed E-state index contributed by atoms with van der Waals surface area (Å²) < 4.78 is 32.0.